The summed E-state index contributed by atoms with van der Waals surface area (Å²) in [7, 11) is 3.89. The van der Waals surface area contributed by atoms with E-state index in [0.717, 1.165) is 19.3 Å². The Bertz CT molecular complexity index is 254. The molecular formula is C19H39NO2. The van der Waals surface area contributed by atoms with Crippen molar-refractivity contribution in [3.63, 3.8) is 0 Å². The van der Waals surface area contributed by atoms with Crippen LogP contribution in [0.15, 0.2) is 0 Å². The molecule has 0 rings (SSSR count). The number of rotatable bonds is 15. The first-order valence-corrected chi connectivity index (χ1v) is 9.46. The Morgan fingerprint density at radius 3 is 1.77 bits per heavy atom. The van der Waals surface area contributed by atoms with Gasteiger partial charge < -0.3 is 4.74 Å². The monoisotopic (exact) mass is 313 g/mol. The van der Waals surface area contributed by atoms with Crippen LogP contribution in [-0.4, -0.2) is 37.6 Å². The topological polar surface area (TPSA) is 29.5 Å². The minimum absolute atomic E-state index is 0.0530. The van der Waals surface area contributed by atoms with Crippen molar-refractivity contribution in [2.24, 2.45) is 0 Å². The molecule has 0 aliphatic heterocycles. The van der Waals surface area contributed by atoms with Crippen molar-refractivity contribution in [1.82, 2.24) is 4.90 Å². The lowest BCUT2D eigenvalue weighted by Crippen LogP contribution is -2.37. The van der Waals surface area contributed by atoms with E-state index < -0.39 is 0 Å². The molecule has 1 atom stereocenters. The van der Waals surface area contributed by atoms with Gasteiger partial charge in [0.25, 0.3) is 0 Å². The number of likely N-dealkylation sites (N-methyl/N-ethyl adjacent to an activating group) is 1. The second kappa shape index (κ2) is 15.3. The van der Waals surface area contributed by atoms with Gasteiger partial charge in [0.15, 0.2) is 0 Å². The molecule has 0 aromatic carbocycles. The Labute approximate surface area is 138 Å². The molecule has 0 aromatic rings. The van der Waals surface area contributed by atoms with E-state index in [1.165, 1.54) is 57.8 Å². The molecule has 0 saturated heterocycles. The molecule has 0 N–H and O–H groups in total. The van der Waals surface area contributed by atoms with Gasteiger partial charge in [0.2, 0.25) is 0 Å². The molecule has 0 spiro atoms. The number of carbonyl (C=O) groups excluding carboxylic acids is 1. The summed E-state index contributed by atoms with van der Waals surface area (Å²) in [5.41, 5.74) is 0. The van der Waals surface area contributed by atoms with Crippen LogP contribution in [0.25, 0.3) is 0 Å². The molecule has 0 amide bonds. The predicted molar refractivity (Wildman–Crippen MR) is 95.2 cm³/mol. The molecule has 0 aromatic heterocycles. The minimum atomic E-state index is -0.0758. The normalized spacial score (nSPS) is 12.6. The summed E-state index contributed by atoms with van der Waals surface area (Å²) >= 11 is 0. The summed E-state index contributed by atoms with van der Waals surface area (Å²) < 4.78 is 5.41. The van der Waals surface area contributed by atoms with Crippen LogP contribution in [0.4, 0.5) is 0 Å². The molecule has 0 bridgehead atoms. The maximum atomic E-state index is 12.0. The van der Waals surface area contributed by atoms with Crippen molar-refractivity contribution in [3.8, 4) is 0 Å². The fourth-order valence-corrected chi connectivity index (χ4v) is 2.72. The standard InChI is InChI=1S/C19H39NO2/c1-5-7-8-9-10-11-12-13-14-15-17-22-19(21)18(16-6-2)20(3)4/h18H,5-17H2,1-4H3. The maximum Gasteiger partial charge on any atom is 0.323 e. The lowest BCUT2D eigenvalue weighted by molar-refractivity contribution is -0.149. The van der Waals surface area contributed by atoms with Crippen LogP contribution >= 0.6 is 0 Å². The van der Waals surface area contributed by atoms with E-state index in [1.807, 2.05) is 19.0 Å². The molecule has 1 unspecified atom stereocenters. The number of unbranched alkanes of at least 4 members (excludes halogenated alkanes) is 9. The first-order chi connectivity index (χ1) is 10.6. The second-order valence-corrected chi connectivity index (χ2v) is 6.62. The van der Waals surface area contributed by atoms with Crippen molar-refractivity contribution in [2.45, 2.75) is 96.9 Å². The Morgan fingerprint density at radius 1 is 0.818 bits per heavy atom. The van der Waals surface area contributed by atoms with Crippen LogP contribution in [-0.2, 0) is 9.53 Å². The van der Waals surface area contributed by atoms with Crippen LogP contribution in [0.3, 0.4) is 0 Å². The SMILES string of the molecule is CCCCCCCCCCCCOC(=O)C(CCC)N(C)C. The third kappa shape index (κ3) is 12.0. The average molecular weight is 314 g/mol. The van der Waals surface area contributed by atoms with E-state index >= 15 is 0 Å². The third-order valence-electron chi connectivity index (χ3n) is 4.20. The molecule has 0 aliphatic rings. The fourth-order valence-electron chi connectivity index (χ4n) is 2.72. The highest BCUT2D eigenvalue weighted by molar-refractivity contribution is 5.75. The highest BCUT2D eigenvalue weighted by Crippen LogP contribution is 2.11. The zero-order valence-corrected chi connectivity index (χ0v) is 15.5. The summed E-state index contributed by atoms with van der Waals surface area (Å²) in [6.07, 6.45) is 14.9. The largest absolute Gasteiger partial charge is 0.465 e. The second-order valence-electron chi connectivity index (χ2n) is 6.62. The van der Waals surface area contributed by atoms with E-state index in [9.17, 15) is 4.79 Å². The van der Waals surface area contributed by atoms with Crippen molar-refractivity contribution >= 4 is 5.97 Å². The van der Waals surface area contributed by atoms with Gasteiger partial charge in [-0.3, -0.25) is 9.69 Å². The van der Waals surface area contributed by atoms with Crippen molar-refractivity contribution in [1.29, 1.82) is 0 Å². The third-order valence-corrected chi connectivity index (χ3v) is 4.20. The summed E-state index contributed by atoms with van der Waals surface area (Å²) in [6, 6.07) is -0.0758. The molecule has 0 saturated carbocycles. The van der Waals surface area contributed by atoms with Gasteiger partial charge >= 0.3 is 5.97 Å². The molecular weight excluding hydrogens is 274 g/mol. The van der Waals surface area contributed by atoms with E-state index in [4.69, 9.17) is 4.74 Å². The van der Waals surface area contributed by atoms with Crippen LogP contribution in [0.2, 0.25) is 0 Å². The van der Waals surface area contributed by atoms with E-state index in [2.05, 4.69) is 13.8 Å². The molecule has 0 aliphatic carbocycles. The van der Waals surface area contributed by atoms with E-state index in [0.29, 0.717) is 6.61 Å². The predicted octanol–water partition coefficient (Wildman–Crippen LogP) is 5.18. The molecule has 22 heavy (non-hydrogen) atoms. The molecule has 0 fully saturated rings. The quantitative estimate of drug-likeness (QED) is 0.308. The number of hydrogen-bond acceptors (Lipinski definition) is 3. The fraction of sp³-hybridized carbons (Fsp3) is 0.947. The van der Waals surface area contributed by atoms with Crippen LogP contribution in [0.5, 0.6) is 0 Å². The van der Waals surface area contributed by atoms with Crippen molar-refractivity contribution < 1.29 is 9.53 Å². The summed E-state index contributed by atoms with van der Waals surface area (Å²) in [6.45, 7) is 4.95. The Hall–Kier alpha value is -0.570. The van der Waals surface area contributed by atoms with Gasteiger partial charge in [-0.25, -0.2) is 0 Å². The highest BCUT2D eigenvalue weighted by atomic mass is 16.5. The minimum Gasteiger partial charge on any atom is -0.465 e. The van der Waals surface area contributed by atoms with Gasteiger partial charge in [-0.15, -0.1) is 0 Å². The van der Waals surface area contributed by atoms with Crippen molar-refractivity contribution in [3.05, 3.63) is 0 Å². The average Bonchev–Trinajstić information content (AvgIpc) is 2.49. The molecule has 3 nitrogen and oxygen atoms in total. The zero-order chi connectivity index (χ0) is 16.6. The van der Waals surface area contributed by atoms with Gasteiger partial charge in [0.1, 0.15) is 6.04 Å². The Morgan fingerprint density at radius 2 is 1.32 bits per heavy atom. The van der Waals surface area contributed by atoms with E-state index in [1.54, 1.807) is 0 Å². The van der Waals surface area contributed by atoms with E-state index in [-0.39, 0.29) is 12.0 Å². The Kier molecular flexibility index (Phi) is 14.9. The number of ether oxygens (including phenoxy) is 1. The summed E-state index contributed by atoms with van der Waals surface area (Å²) in [4.78, 5) is 13.9. The summed E-state index contributed by atoms with van der Waals surface area (Å²) in [5, 5.41) is 0. The van der Waals surface area contributed by atoms with Gasteiger partial charge in [-0.05, 0) is 26.9 Å². The zero-order valence-electron chi connectivity index (χ0n) is 15.5. The number of carbonyl (C=O) groups is 1. The van der Waals surface area contributed by atoms with Gasteiger partial charge in [-0.2, -0.15) is 0 Å². The molecule has 132 valence electrons. The number of hydrogen-bond donors (Lipinski definition) is 0. The molecule has 0 heterocycles. The van der Waals surface area contributed by atoms with Gasteiger partial charge in [-0.1, -0.05) is 78.1 Å². The number of nitrogens with zero attached hydrogens (tertiary/aromatic N) is 1. The molecule has 3 heteroatoms. The lowest BCUT2D eigenvalue weighted by Gasteiger charge is -2.21. The van der Waals surface area contributed by atoms with Crippen LogP contribution in [0, 0.1) is 0 Å². The first kappa shape index (κ1) is 21.4. The highest BCUT2D eigenvalue weighted by Gasteiger charge is 2.20. The molecule has 0 radical (unpaired) electrons. The lowest BCUT2D eigenvalue weighted by atomic mass is 10.1. The van der Waals surface area contributed by atoms with Crippen LogP contribution < -0.4 is 0 Å². The number of esters is 1. The summed E-state index contributed by atoms with van der Waals surface area (Å²) in [5.74, 6) is -0.0530. The Balaban J connectivity index is 3.43. The maximum absolute atomic E-state index is 12.0. The van der Waals surface area contributed by atoms with Gasteiger partial charge in [0, 0.05) is 0 Å². The smallest absolute Gasteiger partial charge is 0.323 e. The van der Waals surface area contributed by atoms with Crippen LogP contribution in [0.1, 0.15) is 90.9 Å². The first-order valence-electron chi connectivity index (χ1n) is 9.46. The van der Waals surface area contributed by atoms with Crippen molar-refractivity contribution in [2.75, 3.05) is 20.7 Å². The van der Waals surface area contributed by atoms with Gasteiger partial charge in [0.05, 0.1) is 6.61 Å².